The van der Waals surface area contributed by atoms with E-state index in [-0.39, 0.29) is 5.91 Å². The van der Waals surface area contributed by atoms with Crippen LogP contribution in [0, 0.1) is 0 Å². The van der Waals surface area contributed by atoms with Crippen LogP contribution in [0.3, 0.4) is 0 Å². The zero-order valence-electron chi connectivity index (χ0n) is 21.0. The summed E-state index contributed by atoms with van der Waals surface area (Å²) in [4.78, 5) is 17.4. The van der Waals surface area contributed by atoms with Gasteiger partial charge in [0.05, 0.1) is 11.4 Å². The molecule has 0 saturated carbocycles. The van der Waals surface area contributed by atoms with E-state index in [1.165, 1.54) is 16.8 Å². The SMILES string of the molecule is CCCCn1c(SCCCNC(=O)CCc2ccccc2)nc(-c2ccccc2)c1-c1ccccc1. The zero-order valence-corrected chi connectivity index (χ0v) is 21.8. The molecule has 4 rings (SSSR count). The molecule has 1 N–H and O–H groups in total. The van der Waals surface area contributed by atoms with Crippen LogP contribution in [0.15, 0.2) is 96.2 Å². The molecule has 0 aliphatic heterocycles. The van der Waals surface area contributed by atoms with Crippen molar-refractivity contribution in [2.75, 3.05) is 12.3 Å². The Morgan fingerprint density at radius 3 is 2.17 bits per heavy atom. The first kappa shape index (κ1) is 25.8. The lowest BCUT2D eigenvalue weighted by Gasteiger charge is -2.13. The molecule has 0 bridgehead atoms. The number of carbonyl (C=O) groups is 1. The van der Waals surface area contributed by atoms with Crippen molar-refractivity contribution in [2.24, 2.45) is 0 Å². The first-order valence-corrected chi connectivity index (χ1v) is 13.9. The van der Waals surface area contributed by atoms with Crippen molar-refractivity contribution in [3.05, 3.63) is 96.6 Å². The molecule has 0 spiro atoms. The molecule has 0 saturated heterocycles. The number of amides is 1. The summed E-state index contributed by atoms with van der Waals surface area (Å²) in [5.74, 6) is 1.02. The van der Waals surface area contributed by atoms with E-state index in [2.05, 4.69) is 83.5 Å². The van der Waals surface area contributed by atoms with Gasteiger partial charge in [-0.25, -0.2) is 4.98 Å². The Morgan fingerprint density at radius 2 is 1.50 bits per heavy atom. The molecular formula is C31H35N3OS. The molecule has 0 radical (unpaired) electrons. The largest absolute Gasteiger partial charge is 0.356 e. The van der Waals surface area contributed by atoms with Crippen molar-refractivity contribution in [3.8, 4) is 22.5 Å². The van der Waals surface area contributed by atoms with Crippen molar-refractivity contribution >= 4 is 17.7 Å². The van der Waals surface area contributed by atoms with Crippen molar-refractivity contribution < 1.29 is 4.79 Å². The number of nitrogens with zero attached hydrogens (tertiary/aromatic N) is 2. The molecule has 5 heteroatoms. The van der Waals surface area contributed by atoms with Crippen LogP contribution in [-0.4, -0.2) is 27.8 Å². The predicted octanol–water partition coefficient (Wildman–Crippen LogP) is 7.25. The molecule has 186 valence electrons. The van der Waals surface area contributed by atoms with Gasteiger partial charge < -0.3 is 9.88 Å². The van der Waals surface area contributed by atoms with Gasteiger partial charge in [0.25, 0.3) is 0 Å². The Hall–Kier alpha value is -3.31. The molecule has 1 aromatic heterocycles. The van der Waals surface area contributed by atoms with Crippen LogP contribution in [0.25, 0.3) is 22.5 Å². The van der Waals surface area contributed by atoms with Crippen molar-refractivity contribution in [1.82, 2.24) is 14.9 Å². The van der Waals surface area contributed by atoms with Crippen LogP contribution < -0.4 is 5.32 Å². The highest BCUT2D eigenvalue weighted by atomic mass is 32.2. The molecule has 0 atom stereocenters. The summed E-state index contributed by atoms with van der Waals surface area (Å²) < 4.78 is 2.39. The maximum Gasteiger partial charge on any atom is 0.220 e. The van der Waals surface area contributed by atoms with Crippen LogP contribution in [0.5, 0.6) is 0 Å². The van der Waals surface area contributed by atoms with Gasteiger partial charge in [-0.15, -0.1) is 0 Å². The maximum absolute atomic E-state index is 12.2. The Labute approximate surface area is 219 Å². The lowest BCUT2D eigenvalue weighted by molar-refractivity contribution is -0.121. The fraction of sp³-hybridized carbons (Fsp3) is 0.290. The summed E-state index contributed by atoms with van der Waals surface area (Å²) in [6.45, 7) is 3.86. The summed E-state index contributed by atoms with van der Waals surface area (Å²) in [7, 11) is 0. The molecule has 1 heterocycles. The third kappa shape index (κ3) is 7.11. The number of aryl methyl sites for hydroxylation is 1. The van der Waals surface area contributed by atoms with Crippen LogP contribution in [0.4, 0.5) is 0 Å². The van der Waals surface area contributed by atoms with E-state index in [9.17, 15) is 4.79 Å². The summed E-state index contributed by atoms with van der Waals surface area (Å²) in [6.07, 6.45) is 4.45. The van der Waals surface area contributed by atoms with Crippen LogP contribution >= 0.6 is 11.8 Å². The van der Waals surface area contributed by atoms with Crippen LogP contribution in [0.1, 0.15) is 38.2 Å². The highest BCUT2D eigenvalue weighted by molar-refractivity contribution is 7.99. The fourth-order valence-corrected chi connectivity index (χ4v) is 5.17. The van der Waals surface area contributed by atoms with Gasteiger partial charge in [-0.2, -0.15) is 0 Å². The number of carbonyl (C=O) groups excluding carboxylic acids is 1. The number of benzene rings is 3. The number of thioether (sulfide) groups is 1. The molecule has 36 heavy (non-hydrogen) atoms. The third-order valence-electron chi connectivity index (χ3n) is 6.12. The second kappa shape index (κ2) is 13.7. The quantitative estimate of drug-likeness (QED) is 0.156. The molecule has 0 aliphatic rings. The number of rotatable bonds is 13. The van der Waals surface area contributed by atoms with Gasteiger partial charge in [0.2, 0.25) is 5.91 Å². The predicted molar refractivity (Wildman–Crippen MR) is 151 cm³/mol. The minimum absolute atomic E-state index is 0.117. The smallest absolute Gasteiger partial charge is 0.220 e. The highest BCUT2D eigenvalue weighted by Gasteiger charge is 2.20. The highest BCUT2D eigenvalue weighted by Crippen LogP contribution is 2.36. The van der Waals surface area contributed by atoms with E-state index in [0.717, 1.165) is 54.4 Å². The van der Waals surface area contributed by atoms with Gasteiger partial charge in [0.1, 0.15) is 0 Å². The van der Waals surface area contributed by atoms with E-state index in [0.29, 0.717) is 13.0 Å². The standard InChI is InChI=1S/C31H35N3OS/c1-2-3-23-34-30(27-18-11-6-12-19-27)29(26-16-9-5-10-17-26)33-31(34)36-24-13-22-32-28(35)21-20-25-14-7-4-8-15-25/h4-12,14-19H,2-3,13,20-24H2,1H3,(H,32,35). The van der Waals surface area contributed by atoms with E-state index >= 15 is 0 Å². The molecular weight excluding hydrogens is 462 g/mol. The normalized spacial score (nSPS) is 10.9. The Kier molecular flexibility index (Phi) is 9.80. The minimum atomic E-state index is 0.117. The minimum Gasteiger partial charge on any atom is -0.356 e. The second-order valence-electron chi connectivity index (χ2n) is 8.87. The fourth-order valence-electron chi connectivity index (χ4n) is 4.21. The van der Waals surface area contributed by atoms with Crippen molar-refractivity contribution in [1.29, 1.82) is 0 Å². The van der Waals surface area contributed by atoms with Gasteiger partial charge in [0, 0.05) is 36.4 Å². The monoisotopic (exact) mass is 497 g/mol. The number of hydrogen-bond donors (Lipinski definition) is 1. The number of nitrogens with one attached hydrogen (secondary N) is 1. The number of unbranched alkanes of at least 4 members (excludes halogenated alkanes) is 1. The molecule has 0 aliphatic carbocycles. The average molecular weight is 498 g/mol. The Morgan fingerprint density at radius 1 is 0.861 bits per heavy atom. The molecule has 4 aromatic rings. The molecule has 0 fully saturated rings. The molecule has 4 nitrogen and oxygen atoms in total. The lowest BCUT2D eigenvalue weighted by atomic mass is 10.0. The summed E-state index contributed by atoms with van der Waals surface area (Å²) in [5.41, 5.74) is 5.75. The van der Waals surface area contributed by atoms with E-state index < -0.39 is 0 Å². The van der Waals surface area contributed by atoms with Gasteiger partial charge in [-0.3, -0.25) is 4.79 Å². The number of aromatic nitrogens is 2. The molecule has 1 amide bonds. The number of hydrogen-bond acceptors (Lipinski definition) is 3. The van der Waals surface area contributed by atoms with Crippen molar-refractivity contribution in [2.45, 2.75) is 50.7 Å². The lowest BCUT2D eigenvalue weighted by Crippen LogP contribution is -2.25. The summed E-state index contributed by atoms with van der Waals surface area (Å²) in [6, 6.07) is 31.2. The first-order valence-electron chi connectivity index (χ1n) is 12.9. The van der Waals surface area contributed by atoms with Gasteiger partial charge in [-0.1, -0.05) is 116 Å². The Balaban J connectivity index is 1.42. The first-order chi connectivity index (χ1) is 17.8. The van der Waals surface area contributed by atoms with Crippen LogP contribution in [-0.2, 0) is 17.8 Å². The van der Waals surface area contributed by atoms with Crippen molar-refractivity contribution in [3.63, 3.8) is 0 Å². The second-order valence-corrected chi connectivity index (χ2v) is 9.93. The maximum atomic E-state index is 12.2. The van der Waals surface area contributed by atoms with E-state index in [1.54, 1.807) is 11.8 Å². The molecule has 3 aromatic carbocycles. The van der Waals surface area contributed by atoms with Gasteiger partial charge >= 0.3 is 0 Å². The third-order valence-corrected chi connectivity index (χ3v) is 7.18. The van der Waals surface area contributed by atoms with E-state index in [4.69, 9.17) is 4.98 Å². The summed E-state index contributed by atoms with van der Waals surface area (Å²) >= 11 is 1.78. The molecule has 0 unspecified atom stereocenters. The summed E-state index contributed by atoms with van der Waals surface area (Å²) in [5, 5.41) is 4.13. The number of imidazole rings is 1. The Bertz CT molecular complexity index is 1210. The van der Waals surface area contributed by atoms with Gasteiger partial charge in [-0.05, 0) is 24.8 Å². The van der Waals surface area contributed by atoms with Crippen LogP contribution in [0.2, 0.25) is 0 Å². The zero-order chi connectivity index (χ0) is 25.0. The van der Waals surface area contributed by atoms with Gasteiger partial charge in [0.15, 0.2) is 5.16 Å². The average Bonchev–Trinajstić information content (AvgIpc) is 3.30. The van der Waals surface area contributed by atoms with E-state index in [1.807, 2.05) is 24.3 Å². The topological polar surface area (TPSA) is 46.9 Å².